The van der Waals surface area contributed by atoms with E-state index in [1.807, 2.05) is 7.05 Å². The Kier molecular flexibility index (Phi) is 4.21. The van der Waals surface area contributed by atoms with Gasteiger partial charge in [0.15, 0.2) is 5.82 Å². The van der Waals surface area contributed by atoms with Crippen LogP contribution in [0.1, 0.15) is 12.8 Å². The number of H-pyrrole nitrogens is 1. The highest BCUT2D eigenvalue weighted by Gasteiger charge is 2.21. The van der Waals surface area contributed by atoms with Crippen LogP contribution in [0.4, 0.5) is 10.3 Å². The Morgan fingerprint density at radius 3 is 2.86 bits per heavy atom. The largest absolute Gasteiger partial charge is 0.339 e. The summed E-state index contributed by atoms with van der Waals surface area (Å²) in [5, 5.41) is 10.3. The third-order valence-electron chi connectivity index (χ3n) is 3.84. The molecule has 2 aromatic rings. The summed E-state index contributed by atoms with van der Waals surface area (Å²) in [5.74, 6) is 0.785. The molecule has 0 unspecified atom stereocenters. The van der Waals surface area contributed by atoms with E-state index in [0.717, 1.165) is 30.4 Å². The van der Waals surface area contributed by atoms with Crippen molar-refractivity contribution >= 4 is 21.9 Å². The summed E-state index contributed by atoms with van der Waals surface area (Å²) >= 11 is 3.35. The normalized spacial score (nSPS) is 16.4. The number of nitrogens with one attached hydrogen (secondary N) is 2. The quantitative estimate of drug-likeness (QED) is 0.890. The number of nitrogens with zero attached hydrogens (tertiary/aromatic N) is 3. The molecule has 0 saturated carbocycles. The van der Waals surface area contributed by atoms with Gasteiger partial charge in [0.1, 0.15) is 5.82 Å². The molecule has 1 aromatic carbocycles. The van der Waals surface area contributed by atoms with Crippen molar-refractivity contribution in [2.24, 2.45) is 0 Å². The zero-order valence-corrected chi connectivity index (χ0v) is 13.3. The van der Waals surface area contributed by atoms with Crippen LogP contribution >= 0.6 is 15.9 Å². The number of anilines is 1. The molecule has 2 heterocycles. The van der Waals surface area contributed by atoms with E-state index in [9.17, 15) is 4.39 Å². The lowest BCUT2D eigenvalue weighted by molar-refractivity contribution is 0.439. The maximum absolute atomic E-state index is 13.9. The zero-order chi connectivity index (χ0) is 14.8. The minimum atomic E-state index is -0.310. The fourth-order valence-corrected chi connectivity index (χ4v) is 2.92. The Hall–Kier alpha value is -1.47. The highest BCUT2D eigenvalue weighted by Crippen LogP contribution is 2.25. The van der Waals surface area contributed by atoms with Gasteiger partial charge in [0.05, 0.1) is 5.56 Å². The van der Waals surface area contributed by atoms with Gasteiger partial charge in [-0.25, -0.2) is 4.39 Å². The molecule has 0 amide bonds. The van der Waals surface area contributed by atoms with Crippen LogP contribution in [0.3, 0.4) is 0 Å². The molecular weight excluding hydrogens is 337 g/mol. The van der Waals surface area contributed by atoms with Crippen LogP contribution in [-0.4, -0.2) is 41.4 Å². The molecule has 0 spiro atoms. The number of halogens is 2. The highest BCUT2D eigenvalue weighted by atomic mass is 79.9. The van der Waals surface area contributed by atoms with E-state index >= 15 is 0 Å². The summed E-state index contributed by atoms with van der Waals surface area (Å²) in [5.41, 5.74) is 0.424. The van der Waals surface area contributed by atoms with E-state index in [1.54, 1.807) is 12.1 Å². The summed E-state index contributed by atoms with van der Waals surface area (Å²) < 4.78 is 14.7. The summed E-state index contributed by atoms with van der Waals surface area (Å²) in [4.78, 5) is 6.56. The smallest absolute Gasteiger partial charge is 0.245 e. The summed E-state index contributed by atoms with van der Waals surface area (Å²) in [6.45, 7) is 1.81. The summed E-state index contributed by atoms with van der Waals surface area (Å²) in [6.07, 6.45) is 2.12. The van der Waals surface area contributed by atoms with Gasteiger partial charge in [-0.3, -0.25) is 5.10 Å². The second-order valence-corrected chi connectivity index (χ2v) is 6.07. The van der Waals surface area contributed by atoms with Gasteiger partial charge in [0.2, 0.25) is 5.95 Å². The maximum Gasteiger partial charge on any atom is 0.245 e. The van der Waals surface area contributed by atoms with Crippen LogP contribution in [0, 0.1) is 5.82 Å². The molecule has 2 N–H and O–H groups in total. The van der Waals surface area contributed by atoms with Crippen LogP contribution in [0.25, 0.3) is 11.4 Å². The molecule has 7 heteroatoms. The minimum Gasteiger partial charge on any atom is -0.339 e. The fraction of sp³-hybridized carbons (Fsp3) is 0.429. The second kappa shape index (κ2) is 6.11. The summed E-state index contributed by atoms with van der Waals surface area (Å²) in [7, 11) is 1.99. The van der Waals surface area contributed by atoms with Crippen molar-refractivity contribution in [3.63, 3.8) is 0 Å². The van der Waals surface area contributed by atoms with Gasteiger partial charge in [0, 0.05) is 23.6 Å². The van der Waals surface area contributed by atoms with Crippen LogP contribution in [0.2, 0.25) is 0 Å². The fourth-order valence-electron chi connectivity index (χ4n) is 2.56. The van der Waals surface area contributed by atoms with Crippen molar-refractivity contribution in [3.8, 4) is 11.4 Å². The lowest BCUT2D eigenvalue weighted by Gasteiger charge is -2.30. The number of aromatic nitrogens is 3. The monoisotopic (exact) mass is 353 g/mol. The molecule has 1 aliphatic heterocycles. The summed E-state index contributed by atoms with van der Waals surface area (Å²) in [6, 6.07) is 5.34. The predicted molar refractivity (Wildman–Crippen MR) is 83.8 cm³/mol. The van der Waals surface area contributed by atoms with Crippen molar-refractivity contribution in [3.05, 3.63) is 28.5 Å². The van der Waals surface area contributed by atoms with Gasteiger partial charge < -0.3 is 10.2 Å². The molecule has 1 aliphatic rings. The molecule has 0 radical (unpaired) electrons. The molecule has 112 valence electrons. The molecule has 5 nitrogen and oxygen atoms in total. The van der Waals surface area contributed by atoms with E-state index in [1.165, 1.54) is 6.07 Å². The molecule has 0 bridgehead atoms. The number of rotatable bonds is 3. The maximum atomic E-state index is 13.9. The number of hydrogen-bond donors (Lipinski definition) is 2. The average molecular weight is 354 g/mol. The van der Waals surface area contributed by atoms with Crippen LogP contribution in [0.5, 0.6) is 0 Å². The van der Waals surface area contributed by atoms with E-state index < -0.39 is 0 Å². The molecule has 1 saturated heterocycles. The van der Waals surface area contributed by atoms with Gasteiger partial charge >= 0.3 is 0 Å². The lowest BCUT2D eigenvalue weighted by Crippen LogP contribution is -2.41. The van der Waals surface area contributed by atoms with Crippen LogP contribution in [-0.2, 0) is 0 Å². The van der Waals surface area contributed by atoms with Gasteiger partial charge in [0.25, 0.3) is 0 Å². The van der Waals surface area contributed by atoms with Gasteiger partial charge in [-0.05, 0) is 38.1 Å². The van der Waals surface area contributed by atoms with Crippen molar-refractivity contribution in [1.29, 1.82) is 0 Å². The third-order valence-corrected chi connectivity index (χ3v) is 4.34. The molecule has 21 heavy (non-hydrogen) atoms. The molecule has 1 aromatic heterocycles. The van der Waals surface area contributed by atoms with Crippen LogP contribution in [0.15, 0.2) is 22.7 Å². The minimum absolute atomic E-state index is 0.310. The van der Waals surface area contributed by atoms with Gasteiger partial charge in [-0.1, -0.05) is 15.9 Å². The standard InChI is InChI=1S/C14H17BrFN5/c1-17-10-4-6-21(7-5-10)14-18-13(19-20-14)11-8-9(15)2-3-12(11)16/h2-3,8,10,17H,4-7H2,1H3,(H,18,19,20). The van der Waals surface area contributed by atoms with E-state index in [-0.39, 0.29) is 5.82 Å². The first-order valence-electron chi connectivity index (χ1n) is 6.97. The zero-order valence-electron chi connectivity index (χ0n) is 11.7. The van der Waals surface area contributed by atoms with E-state index in [0.29, 0.717) is 23.4 Å². The first-order valence-corrected chi connectivity index (χ1v) is 7.76. The Bertz CT molecular complexity index is 622. The number of benzene rings is 1. The van der Waals surface area contributed by atoms with Crippen molar-refractivity contribution in [1.82, 2.24) is 20.5 Å². The predicted octanol–water partition coefficient (Wildman–Crippen LogP) is 2.56. The number of hydrogen-bond acceptors (Lipinski definition) is 4. The van der Waals surface area contributed by atoms with Crippen molar-refractivity contribution < 1.29 is 4.39 Å². The van der Waals surface area contributed by atoms with Gasteiger partial charge in [-0.15, -0.1) is 5.10 Å². The molecule has 0 atom stereocenters. The molecule has 1 fully saturated rings. The average Bonchev–Trinajstić information content (AvgIpc) is 2.99. The van der Waals surface area contributed by atoms with Crippen molar-refractivity contribution in [2.45, 2.75) is 18.9 Å². The Labute approximate surface area is 131 Å². The van der Waals surface area contributed by atoms with Crippen LogP contribution < -0.4 is 10.2 Å². The lowest BCUT2D eigenvalue weighted by atomic mass is 10.1. The van der Waals surface area contributed by atoms with Crippen molar-refractivity contribution in [2.75, 3.05) is 25.0 Å². The first kappa shape index (κ1) is 14.5. The second-order valence-electron chi connectivity index (χ2n) is 5.16. The van der Waals surface area contributed by atoms with Gasteiger partial charge in [-0.2, -0.15) is 4.98 Å². The molecule has 0 aliphatic carbocycles. The topological polar surface area (TPSA) is 56.8 Å². The molecule has 3 rings (SSSR count). The first-order chi connectivity index (χ1) is 10.2. The molecular formula is C14H17BrFN5. The number of aromatic amines is 1. The Morgan fingerprint density at radius 1 is 1.38 bits per heavy atom. The third kappa shape index (κ3) is 3.08. The van der Waals surface area contributed by atoms with E-state index in [2.05, 4.69) is 41.3 Å². The van der Waals surface area contributed by atoms with E-state index in [4.69, 9.17) is 0 Å². The SMILES string of the molecule is CNC1CCN(c2n[nH]c(-c3cc(Br)ccc3F)n2)CC1. The Morgan fingerprint density at radius 2 is 2.14 bits per heavy atom. The highest BCUT2D eigenvalue weighted by molar-refractivity contribution is 9.10. The number of piperidine rings is 1. The Balaban J connectivity index is 1.79.